The molecule has 1 rings (SSSR count). The molecule has 0 aliphatic heterocycles. The molecule has 0 saturated heterocycles. The number of aliphatic carboxylic acids is 1. The predicted octanol–water partition coefficient (Wildman–Crippen LogP) is 2.42. The van der Waals surface area contributed by atoms with E-state index in [1.807, 2.05) is 24.1 Å². The Morgan fingerprint density at radius 1 is 1.64 bits per heavy atom. The minimum Gasteiger partial charge on any atom is -0.481 e. The molecule has 0 atom stereocenters. The Labute approximate surface area is 95.5 Å². The topological polar surface area (TPSA) is 40.5 Å². The van der Waals surface area contributed by atoms with Crippen molar-refractivity contribution in [2.45, 2.75) is 13.0 Å². The van der Waals surface area contributed by atoms with Crippen LogP contribution in [0.3, 0.4) is 0 Å². The maximum absolute atomic E-state index is 10.3. The molecular weight excluding hydrogens is 266 g/mol. The minimum atomic E-state index is -0.746. The molecule has 0 bridgehead atoms. The molecule has 0 saturated carbocycles. The van der Waals surface area contributed by atoms with Crippen LogP contribution >= 0.6 is 27.3 Å². The number of carboxylic acids is 1. The summed E-state index contributed by atoms with van der Waals surface area (Å²) in [6, 6.07) is 4.05. The lowest BCUT2D eigenvalue weighted by atomic mass is 10.4. The second kappa shape index (κ2) is 5.48. The fourth-order valence-corrected chi connectivity index (χ4v) is 2.63. The Hall–Kier alpha value is -0.390. The summed E-state index contributed by atoms with van der Waals surface area (Å²) in [4.78, 5) is 13.6. The van der Waals surface area contributed by atoms with Gasteiger partial charge in [0.1, 0.15) is 0 Å². The average molecular weight is 278 g/mol. The van der Waals surface area contributed by atoms with Gasteiger partial charge >= 0.3 is 5.97 Å². The van der Waals surface area contributed by atoms with Crippen molar-refractivity contribution < 1.29 is 9.90 Å². The molecule has 1 aromatic rings. The van der Waals surface area contributed by atoms with Gasteiger partial charge in [-0.05, 0) is 35.1 Å². The highest BCUT2D eigenvalue weighted by atomic mass is 79.9. The van der Waals surface area contributed by atoms with Gasteiger partial charge in [-0.3, -0.25) is 4.79 Å². The molecule has 0 amide bonds. The first-order valence-electron chi connectivity index (χ1n) is 4.22. The summed E-state index contributed by atoms with van der Waals surface area (Å²) >= 11 is 5.07. The highest BCUT2D eigenvalue weighted by Crippen LogP contribution is 2.22. The second-order valence-corrected chi connectivity index (χ2v) is 5.63. The number of carbonyl (C=O) groups is 1. The summed E-state index contributed by atoms with van der Waals surface area (Å²) in [5.41, 5.74) is 0. The number of hydrogen-bond donors (Lipinski definition) is 1. The zero-order valence-electron chi connectivity index (χ0n) is 7.86. The Morgan fingerprint density at radius 2 is 2.36 bits per heavy atom. The Morgan fingerprint density at radius 3 is 2.86 bits per heavy atom. The molecule has 0 aromatic carbocycles. The summed E-state index contributed by atoms with van der Waals surface area (Å²) in [6.07, 6.45) is 0.197. The highest BCUT2D eigenvalue weighted by Gasteiger charge is 2.04. The van der Waals surface area contributed by atoms with Crippen LogP contribution in [0.4, 0.5) is 0 Å². The van der Waals surface area contributed by atoms with E-state index in [9.17, 15) is 4.79 Å². The molecular formula is C9H12BrNO2S. The maximum atomic E-state index is 10.3. The van der Waals surface area contributed by atoms with E-state index in [0.717, 1.165) is 10.3 Å². The van der Waals surface area contributed by atoms with Crippen molar-refractivity contribution in [1.82, 2.24) is 4.90 Å². The van der Waals surface area contributed by atoms with Crippen LogP contribution in [0.25, 0.3) is 0 Å². The normalized spacial score (nSPS) is 10.8. The molecule has 0 spiro atoms. The van der Waals surface area contributed by atoms with Gasteiger partial charge in [-0.15, -0.1) is 11.3 Å². The van der Waals surface area contributed by atoms with Gasteiger partial charge < -0.3 is 10.0 Å². The fraction of sp³-hybridized carbons (Fsp3) is 0.444. The maximum Gasteiger partial charge on any atom is 0.304 e. The Balaban J connectivity index is 2.33. The average Bonchev–Trinajstić information content (AvgIpc) is 2.48. The second-order valence-electron chi connectivity index (χ2n) is 3.09. The van der Waals surface area contributed by atoms with Crippen LogP contribution in [-0.2, 0) is 11.3 Å². The van der Waals surface area contributed by atoms with E-state index in [0.29, 0.717) is 6.54 Å². The third kappa shape index (κ3) is 4.21. The van der Waals surface area contributed by atoms with Gasteiger partial charge in [0.2, 0.25) is 0 Å². The van der Waals surface area contributed by atoms with Crippen LogP contribution in [0.2, 0.25) is 0 Å². The molecule has 14 heavy (non-hydrogen) atoms. The van der Waals surface area contributed by atoms with Crippen molar-refractivity contribution in [2.24, 2.45) is 0 Å². The first kappa shape index (κ1) is 11.7. The SMILES string of the molecule is CN(CCC(=O)O)Cc1ccc(Br)s1. The fourth-order valence-electron chi connectivity index (χ4n) is 1.07. The third-order valence-electron chi connectivity index (χ3n) is 1.76. The van der Waals surface area contributed by atoms with Crippen LogP contribution in [0.5, 0.6) is 0 Å². The molecule has 1 aromatic heterocycles. The lowest BCUT2D eigenvalue weighted by Crippen LogP contribution is -2.20. The van der Waals surface area contributed by atoms with Crippen molar-refractivity contribution in [3.63, 3.8) is 0 Å². The minimum absolute atomic E-state index is 0.197. The lowest BCUT2D eigenvalue weighted by Gasteiger charge is -2.13. The molecule has 0 aliphatic rings. The van der Waals surface area contributed by atoms with E-state index < -0.39 is 5.97 Å². The zero-order valence-corrected chi connectivity index (χ0v) is 10.3. The van der Waals surface area contributed by atoms with Crippen LogP contribution in [0.1, 0.15) is 11.3 Å². The largest absolute Gasteiger partial charge is 0.481 e. The molecule has 0 fully saturated rings. The predicted molar refractivity (Wildman–Crippen MR) is 60.6 cm³/mol. The Kier molecular flexibility index (Phi) is 4.57. The quantitative estimate of drug-likeness (QED) is 0.899. The van der Waals surface area contributed by atoms with Crippen LogP contribution < -0.4 is 0 Å². The van der Waals surface area contributed by atoms with Crippen molar-refractivity contribution in [3.05, 3.63) is 20.8 Å². The van der Waals surface area contributed by atoms with E-state index in [4.69, 9.17) is 5.11 Å². The summed E-state index contributed by atoms with van der Waals surface area (Å²) in [5, 5.41) is 8.50. The molecule has 0 unspecified atom stereocenters. The first-order valence-corrected chi connectivity index (χ1v) is 5.83. The number of thiophene rings is 1. The Bertz CT molecular complexity index is 314. The van der Waals surface area contributed by atoms with Gasteiger partial charge in [0.05, 0.1) is 10.2 Å². The molecule has 0 radical (unpaired) electrons. The van der Waals surface area contributed by atoms with E-state index in [1.54, 1.807) is 11.3 Å². The van der Waals surface area contributed by atoms with Crippen molar-refractivity contribution >= 4 is 33.2 Å². The van der Waals surface area contributed by atoms with Gasteiger partial charge in [0, 0.05) is 18.0 Å². The number of hydrogen-bond acceptors (Lipinski definition) is 3. The van der Waals surface area contributed by atoms with Crippen LogP contribution in [-0.4, -0.2) is 29.6 Å². The molecule has 1 heterocycles. The molecule has 1 N–H and O–H groups in total. The van der Waals surface area contributed by atoms with Crippen molar-refractivity contribution in [1.29, 1.82) is 0 Å². The van der Waals surface area contributed by atoms with Gasteiger partial charge in [-0.2, -0.15) is 0 Å². The number of rotatable bonds is 5. The summed E-state index contributed by atoms with van der Waals surface area (Å²) in [5.74, 6) is -0.746. The molecule has 78 valence electrons. The molecule has 5 heteroatoms. The van der Waals surface area contributed by atoms with Gasteiger partial charge in [0.25, 0.3) is 0 Å². The van der Waals surface area contributed by atoms with E-state index in [-0.39, 0.29) is 6.42 Å². The van der Waals surface area contributed by atoms with Gasteiger partial charge in [-0.25, -0.2) is 0 Å². The summed E-state index contributed by atoms with van der Waals surface area (Å²) < 4.78 is 1.11. The van der Waals surface area contributed by atoms with Crippen LogP contribution in [0.15, 0.2) is 15.9 Å². The summed E-state index contributed by atoms with van der Waals surface area (Å²) in [6.45, 7) is 1.40. The number of nitrogens with zero attached hydrogens (tertiary/aromatic N) is 1. The highest BCUT2D eigenvalue weighted by molar-refractivity contribution is 9.11. The number of carboxylic acid groups (broad SMARTS) is 1. The summed E-state index contributed by atoms with van der Waals surface area (Å²) in [7, 11) is 1.93. The van der Waals surface area contributed by atoms with E-state index >= 15 is 0 Å². The molecule has 3 nitrogen and oxygen atoms in total. The van der Waals surface area contributed by atoms with Crippen molar-refractivity contribution in [3.8, 4) is 0 Å². The smallest absolute Gasteiger partial charge is 0.304 e. The number of halogens is 1. The standard InChI is InChI=1S/C9H12BrNO2S/c1-11(5-4-9(12)13)6-7-2-3-8(10)14-7/h2-3H,4-6H2,1H3,(H,12,13). The zero-order chi connectivity index (χ0) is 10.6. The third-order valence-corrected chi connectivity index (χ3v) is 3.37. The molecule has 0 aliphatic carbocycles. The van der Waals surface area contributed by atoms with Gasteiger partial charge in [-0.1, -0.05) is 0 Å². The monoisotopic (exact) mass is 277 g/mol. The van der Waals surface area contributed by atoms with E-state index in [2.05, 4.69) is 15.9 Å². The van der Waals surface area contributed by atoms with Crippen LogP contribution in [0, 0.1) is 0 Å². The lowest BCUT2D eigenvalue weighted by molar-refractivity contribution is -0.137. The van der Waals surface area contributed by atoms with Crippen molar-refractivity contribution in [2.75, 3.05) is 13.6 Å². The first-order chi connectivity index (χ1) is 6.58. The van der Waals surface area contributed by atoms with E-state index in [1.165, 1.54) is 4.88 Å². The van der Waals surface area contributed by atoms with Gasteiger partial charge in [0.15, 0.2) is 0 Å².